The number of aryl methyl sites for hydroxylation is 2. The molecule has 1 atom stereocenters. The maximum Gasteiger partial charge on any atom is 0.0494 e. The number of benzene rings is 2. The number of hydrogen-bond donors (Lipinski definition) is 0. The molecule has 0 aliphatic rings. The second kappa shape index (κ2) is 5.55. The molecule has 0 radical (unpaired) electrons. The minimum Gasteiger partial charge on any atom is -0.341 e. The molecular formula is C20H25N. The zero-order chi connectivity index (χ0) is 15.0. The second-order valence-corrected chi connectivity index (χ2v) is 6.04. The fourth-order valence-corrected chi connectivity index (χ4v) is 3.26. The third kappa shape index (κ3) is 2.25. The minimum absolute atomic E-state index is 0.629. The first-order valence-corrected chi connectivity index (χ1v) is 8.24. The molecule has 1 heterocycles. The van der Waals surface area contributed by atoms with Gasteiger partial charge in [-0.2, -0.15) is 0 Å². The van der Waals surface area contributed by atoms with Gasteiger partial charge < -0.3 is 4.57 Å². The van der Waals surface area contributed by atoms with Crippen LogP contribution in [-0.2, 0) is 13.0 Å². The van der Waals surface area contributed by atoms with Crippen LogP contribution in [0.5, 0.6) is 0 Å². The SMILES string of the molecule is CCc1ccc2c3ccc(C(C)CC)cc3n(CC)c2c1. The van der Waals surface area contributed by atoms with Crippen molar-refractivity contribution in [1.82, 2.24) is 4.57 Å². The molecule has 0 aliphatic carbocycles. The average molecular weight is 279 g/mol. The molecule has 1 unspecified atom stereocenters. The second-order valence-electron chi connectivity index (χ2n) is 6.04. The van der Waals surface area contributed by atoms with Crippen LogP contribution in [0.25, 0.3) is 21.8 Å². The molecule has 0 saturated carbocycles. The third-order valence-corrected chi connectivity index (χ3v) is 4.86. The molecule has 0 fully saturated rings. The molecule has 1 nitrogen and oxygen atoms in total. The Balaban J connectivity index is 2.33. The van der Waals surface area contributed by atoms with Gasteiger partial charge in [0.05, 0.1) is 0 Å². The Morgan fingerprint density at radius 3 is 2.19 bits per heavy atom. The van der Waals surface area contributed by atoms with Crippen molar-refractivity contribution in [3.63, 3.8) is 0 Å². The molecule has 0 N–H and O–H groups in total. The zero-order valence-electron chi connectivity index (χ0n) is 13.6. The van der Waals surface area contributed by atoms with E-state index in [0.29, 0.717) is 5.92 Å². The van der Waals surface area contributed by atoms with Gasteiger partial charge in [-0.25, -0.2) is 0 Å². The van der Waals surface area contributed by atoms with Gasteiger partial charge in [-0.15, -0.1) is 0 Å². The Labute approximate surface area is 127 Å². The Morgan fingerprint density at radius 1 is 0.905 bits per heavy atom. The van der Waals surface area contributed by atoms with Crippen LogP contribution in [0.4, 0.5) is 0 Å². The highest BCUT2D eigenvalue weighted by Gasteiger charge is 2.12. The van der Waals surface area contributed by atoms with Crippen LogP contribution in [0.15, 0.2) is 36.4 Å². The van der Waals surface area contributed by atoms with Crippen LogP contribution < -0.4 is 0 Å². The first-order valence-electron chi connectivity index (χ1n) is 8.24. The number of rotatable bonds is 4. The first-order chi connectivity index (χ1) is 10.2. The molecule has 3 aromatic rings. The average Bonchev–Trinajstić information content (AvgIpc) is 2.85. The van der Waals surface area contributed by atoms with Gasteiger partial charge in [0.15, 0.2) is 0 Å². The van der Waals surface area contributed by atoms with E-state index in [2.05, 4.69) is 68.7 Å². The van der Waals surface area contributed by atoms with Crippen LogP contribution in [-0.4, -0.2) is 4.57 Å². The lowest BCUT2D eigenvalue weighted by Crippen LogP contribution is -1.96. The van der Waals surface area contributed by atoms with Gasteiger partial charge in [-0.1, -0.05) is 45.0 Å². The van der Waals surface area contributed by atoms with Crippen LogP contribution in [0.3, 0.4) is 0 Å². The normalized spacial score (nSPS) is 13.1. The van der Waals surface area contributed by atoms with E-state index in [1.54, 1.807) is 0 Å². The molecule has 110 valence electrons. The predicted molar refractivity (Wildman–Crippen MR) is 93.2 cm³/mol. The molecule has 0 spiro atoms. The minimum atomic E-state index is 0.629. The molecule has 0 amide bonds. The third-order valence-electron chi connectivity index (χ3n) is 4.86. The summed E-state index contributed by atoms with van der Waals surface area (Å²) in [5.74, 6) is 0.629. The summed E-state index contributed by atoms with van der Waals surface area (Å²) in [6.07, 6.45) is 2.29. The first kappa shape index (κ1) is 14.2. The van der Waals surface area contributed by atoms with Crippen LogP contribution in [0.1, 0.15) is 51.2 Å². The van der Waals surface area contributed by atoms with E-state index < -0.39 is 0 Å². The largest absolute Gasteiger partial charge is 0.341 e. The number of hydrogen-bond acceptors (Lipinski definition) is 0. The van der Waals surface area contributed by atoms with Gasteiger partial charge >= 0.3 is 0 Å². The molecule has 0 bridgehead atoms. The maximum atomic E-state index is 2.47. The van der Waals surface area contributed by atoms with E-state index in [0.717, 1.165) is 13.0 Å². The standard InChI is InChI=1S/C20H25N/c1-5-14(4)16-9-11-18-17-10-8-15(6-2)12-19(17)21(7-3)20(18)13-16/h8-14H,5-7H2,1-4H3. The smallest absolute Gasteiger partial charge is 0.0494 e. The quantitative estimate of drug-likeness (QED) is 0.561. The maximum absolute atomic E-state index is 2.47. The topological polar surface area (TPSA) is 4.93 Å². The van der Waals surface area contributed by atoms with Crippen molar-refractivity contribution in [3.8, 4) is 0 Å². The molecule has 0 saturated heterocycles. The van der Waals surface area contributed by atoms with Crippen molar-refractivity contribution in [2.24, 2.45) is 0 Å². The number of fused-ring (bicyclic) bond motifs is 3. The summed E-state index contributed by atoms with van der Waals surface area (Å²) < 4.78 is 2.47. The van der Waals surface area contributed by atoms with E-state index >= 15 is 0 Å². The predicted octanol–water partition coefficient (Wildman–Crippen LogP) is 5.89. The van der Waals surface area contributed by atoms with Crippen molar-refractivity contribution in [2.45, 2.75) is 53.0 Å². The monoisotopic (exact) mass is 279 g/mol. The van der Waals surface area contributed by atoms with E-state index in [1.165, 1.54) is 39.4 Å². The summed E-state index contributed by atoms with van der Waals surface area (Å²) >= 11 is 0. The van der Waals surface area contributed by atoms with Gasteiger partial charge in [0.25, 0.3) is 0 Å². The van der Waals surface area contributed by atoms with Gasteiger partial charge in [0, 0.05) is 28.4 Å². The van der Waals surface area contributed by atoms with Gasteiger partial charge in [-0.3, -0.25) is 0 Å². The van der Waals surface area contributed by atoms with Crippen LogP contribution in [0, 0.1) is 0 Å². The Kier molecular flexibility index (Phi) is 3.75. The van der Waals surface area contributed by atoms with Crippen LogP contribution in [0.2, 0.25) is 0 Å². The summed E-state index contributed by atoms with van der Waals surface area (Å²) in [6.45, 7) is 10.1. The highest BCUT2D eigenvalue weighted by atomic mass is 15.0. The molecular weight excluding hydrogens is 254 g/mol. The Morgan fingerprint density at radius 2 is 1.57 bits per heavy atom. The van der Waals surface area contributed by atoms with Crippen molar-refractivity contribution >= 4 is 21.8 Å². The van der Waals surface area contributed by atoms with E-state index in [1.807, 2.05) is 0 Å². The summed E-state index contributed by atoms with van der Waals surface area (Å²) in [6, 6.07) is 14.0. The molecule has 2 aromatic carbocycles. The van der Waals surface area contributed by atoms with Crippen molar-refractivity contribution in [3.05, 3.63) is 47.5 Å². The highest BCUT2D eigenvalue weighted by molar-refractivity contribution is 6.08. The molecule has 21 heavy (non-hydrogen) atoms. The summed E-state index contributed by atoms with van der Waals surface area (Å²) in [4.78, 5) is 0. The molecule has 0 aliphatic heterocycles. The van der Waals surface area contributed by atoms with Crippen LogP contribution >= 0.6 is 0 Å². The van der Waals surface area contributed by atoms with E-state index in [9.17, 15) is 0 Å². The highest BCUT2D eigenvalue weighted by Crippen LogP contribution is 2.32. The van der Waals surface area contributed by atoms with E-state index in [4.69, 9.17) is 0 Å². The lowest BCUT2D eigenvalue weighted by molar-refractivity contribution is 0.733. The Hall–Kier alpha value is -1.76. The van der Waals surface area contributed by atoms with Crippen molar-refractivity contribution < 1.29 is 0 Å². The van der Waals surface area contributed by atoms with Gasteiger partial charge in [-0.05, 0) is 48.9 Å². The fourth-order valence-electron chi connectivity index (χ4n) is 3.26. The summed E-state index contributed by atoms with van der Waals surface area (Å²) in [5.41, 5.74) is 5.65. The van der Waals surface area contributed by atoms with Crippen molar-refractivity contribution in [1.29, 1.82) is 0 Å². The van der Waals surface area contributed by atoms with E-state index in [-0.39, 0.29) is 0 Å². The van der Waals surface area contributed by atoms with Gasteiger partial charge in [0.2, 0.25) is 0 Å². The molecule has 1 aromatic heterocycles. The summed E-state index contributed by atoms with van der Waals surface area (Å²) in [7, 11) is 0. The van der Waals surface area contributed by atoms with Gasteiger partial charge in [0.1, 0.15) is 0 Å². The van der Waals surface area contributed by atoms with Crippen molar-refractivity contribution in [2.75, 3.05) is 0 Å². The lowest BCUT2D eigenvalue weighted by atomic mass is 9.97. The lowest BCUT2D eigenvalue weighted by Gasteiger charge is -2.10. The Bertz CT molecular complexity index is 779. The fraction of sp³-hybridized carbons (Fsp3) is 0.400. The number of nitrogens with zero attached hydrogens (tertiary/aromatic N) is 1. The number of aromatic nitrogens is 1. The zero-order valence-corrected chi connectivity index (χ0v) is 13.6. The summed E-state index contributed by atoms with van der Waals surface area (Å²) in [5, 5.41) is 2.78. The molecule has 1 heteroatoms. The molecule has 3 rings (SSSR count).